The van der Waals surface area contributed by atoms with Gasteiger partial charge in [-0.05, 0) is 47.2 Å². The third-order valence-corrected chi connectivity index (χ3v) is 2.52. The van der Waals surface area contributed by atoms with E-state index in [-0.39, 0.29) is 6.79 Å². The maximum Gasteiger partial charge on any atom is 0.352 e. The van der Waals surface area contributed by atoms with E-state index in [1.807, 2.05) is 25.1 Å². The fraction of sp³-hybridized carbons (Fsp3) is 0.273. The smallest absolute Gasteiger partial charge is 0.352 e. The molecule has 0 fully saturated rings. The first-order valence-corrected chi connectivity index (χ1v) is 5.83. The lowest BCUT2D eigenvalue weighted by Crippen LogP contribution is -2.04. The standard InChI is InChI=1S/C11H12INO4/c1-8-3-4-9(12)5-10(8)16-7-17-13-6-11(14)15-2/h3-6H,7H2,1-2H3/b13-6+. The molecule has 1 aromatic carbocycles. The van der Waals surface area contributed by atoms with Gasteiger partial charge >= 0.3 is 5.97 Å². The van der Waals surface area contributed by atoms with Crippen molar-refractivity contribution in [3.63, 3.8) is 0 Å². The number of nitrogens with zero attached hydrogens (tertiary/aromatic N) is 1. The Morgan fingerprint density at radius 3 is 3.00 bits per heavy atom. The van der Waals surface area contributed by atoms with Crippen molar-refractivity contribution in [3.8, 4) is 5.75 Å². The Morgan fingerprint density at radius 2 is 2.29 bits per heavy atom. The van der Waals surface area contributed by atoms with Crippen LogP contribution in [0.15, 0.2) is 23.4 Å². The summed E-state index contributed by atoms with van der Waals surface area (Å²) < 4.78 is 10.8. The van der Waals surface area contributed by atoms with E-state index >= 15 is 0 Å². The van der Waals surface area contributed by atoms with E-state index in [0.717, 1.165) is 21.1 Å². The van der Waals surface area contributed by atoms with Crippen LogP contribution in [0.25, 0.3) is 0 Å². The van der Waals surface area contributed by atoms with E-state index in [1.165, 1.54) is 7.11 Å². The van der Waals surface area contributed by atoms with Gasteiger partial charge in [-0.15, -0.1) is 0 Å². The number of hydrogen-bond acceptors (Lipinski definition) is 5. The molecule has 5 nitrogen and oxygen atoms in total. The molecule has 0 bridgehead atoms. The van der Waals surface area contributed by atoms with Gasteiger partial charge < -0.3 is 14.3 Å². The van der Waals surface area contributed by atoms with Gasteiger partial charge in [0.25, 0.3) is 6.79 Å². The van der Waals surface area contributed by atoms with E-state index in [0.29, 0.717) is 0 Å². The molecule has 0 aromatic heterocycles. The lowest BCUT2D eigenvalue weighted by molar-refractivity contribution is -0.132. The minimum absolute atomic E-state index is 0.0611. The second kappa shape index (κ2) is 7.10. The average Bonchev–Trinajstić information content (AvgIpc) is 2.32. The normalized spacial score (nSPS) is 10.3. The number of halogens is 1. The maximum absolute atomic E-state index is 10.7. The molecule has 0 unspecified atom stereocenters. The topological polar surface area (TPSA) is 57.1 Å². The van der Waals surface area contributed by atoms with Crippen LogP contribution in [0.3, 0.4) is 0 Å². The number of ether oxygens (including phenoxy) is 2. The largest absolute Gasteiger partial charge is 0.465 e. The molecule has 0 aliphatic rings. The van der Waals surface area contributed by atoms with Gasteiger partial charge in [0.15, 0.2) is 6.21 Å². The van der Waals surface area contributed by atoms with Crippen LogP contribution in [-0.2, 0) is 14.4 Å². The highest BCUT2D eigenvalue weighted by atomic mass is 127. The van der Waals surface area contributed by atoms with Crippen LogP contribution in [0.4, 0.5) is 0 Å². The zero-order valence-electron chi connectivity index (χ0n) is 9.47. The zero-order valence-corrected chi connectivity index (χ0v) is 11.6. The lowest BCUT2D eigenvalue weighted by atomic mass is 10.2. The van der Waals surface area contributed by atoms with Gasteiger partial charge in [0.05, 0.1) is 7.11 Å². The first kappa shape index (κ1) is 13.8. The SMILES string of the molecule is COC(=O)/C=N/OCOc1cc(I)ccc1C. The zero-order chi connectivity index (χ0) is 12.7. The Balaban J connectivity index is 2.38. The van der Waals surface area contributed by atoms with Crippen molar-refractivity contribution in [2.24, 2.45) is 5.16 Å². The Hall–Kier alpha value is -1.31. The van der Waals surface area contributed by atoms with Crippen molar-refractivity contribution in [2.75, 3.05) is 13.9 Å². The molecule has 17 heavy (non-hydrogen) atoms. The first-order valence-electron chi connectivity index (χ1n) is 4.75. The molecular weight excluding hydrogens is 337 g/mol. The number of oxime groups is 1. The van der Waals surface area contributed by atoms with Crippen LogP contribution < -0.4 is 4.74 Å². The second-order valence-electron chi connectivity index (χ2n) is 3.06. The Morgan fingerprint density at radius 1 is 1.53 bits per heavy atom. The average molecular weight is 349 g/mol. The van der Waals surface area contributed by atoms with Crippen molar-refractivity contribution in [3.05, 3.63) is 27.3 Å². The third kappa shape index (κ3) is 5.03. The van der Waals surface area contributed by atoms with E-state index in [2.05, 4.69) is 32.5 Å². The molecule has 0 spiro atoms. The van der Waals surface area contributed by atoms with Crippen LogP contribution in [0, 0.1) is 10.5 Å². The number of carbonyl (C=O) groups excluding carboxylic acids is 1. The summed E-state index contributed by atoms with van der Waals surface area (Å²) in [6.45, 7) is 1.87. The highest BCUT2D eigenvalue weighted by Crippen LogP contribution is 2.20. The first-order chi connectivity index (χ1) is 8.13. The summed E-state index contributed by atoms with van der Waals surface area (Å²) >= 11 is 2.19. The van der Waals surface area contributed by atoms with Crippen LogP contribution in [0.2, 0.25) is 0 Å². The number of methoxy groups -OCH3 is 1. The van der Waals surface area contributed by atoms with Crippen molar-refractivity contribution in [1.82, 2.24) is 0 Å². The number of hydrogen-bond donors (Lipinski definition) is 0. The molecule has 0 saturated heterocycles. The number of esters is 1. The van der Waals surface area contributed by atoms with Gasteiger partial charge in [0, 0.05) is 3.57 Å². The van der Waals surface area contributed by atoms with Crippen LogP contribution in [0.5, 0.6) is 5.75 Å². The van der Waals surface area contributed by atoms with Crippen LogP contribution in [-0.4, -0.2) is 26.1 Å². The molecule has 0 heterocycles. The second-order valence-corrected chi connectivity index (χ2v) is 4.30. The van der Waals surface area contributed by atoms with Crippen molar-refractivity contribution >= 4 is 34.8 Å². The Bertz CT molecular complexity index is 420. The van der Waals surface area contributed by atoms with Gasteiger partial charge in [-0.2, -0.15) is 0 Å². The molecule has 0 amide bonds. The monoisotopic (exact) mass is 349 g/mol. The molecule has 1 aromatic rings. The van der Waals surface area contributed by atoms with Gasteiger partial charge in [-0.25, -0.2) is 4.79 Å². The predicted octanol–water partition coefficient (Wildman–Crippen LogP) is 2.11. The minimum Gasteiger partial charge on any atom is -0.465 e. The van der Waals surface area contributed by atoms with Crippen LogP contribution >= 0.6 is 22.6 Å². The Kier molecular flexibility index (Phi) is 5.75. The highest BCUT2D eigenvalue weighted by Gasteiger charge is 2.00. The van der Waals surface area contributed by atoms with E-state index < -0.39 is 5.97 Å². The third-order valence-electron chi connectivity index (χ3n) is 1.85. The molecule has 0 radical (unpaired) electrons. The maximum atomic E-state index is 10.7. The quantitative estimate of drug-likeness (QED) is 0.204. The minimum atomic E-state index is -0.574. The summed E-state index contributed by atoms with van der Waals surface area (Å²) in [7, 11) is 1.26. The van der Waals surface area contributed by atoms with E-state index in [4.69, 9.17) is 9.57 Å². The molecule has 0 atom stereocenters. The van der Waals surface area contributed by atoms with Gasteiger partial charge in [0.2, 0.25) is 0 Å². The van der Waals surface area contributed by atoms with E-state index in [9.17, 15) is 4.79 Å². The summed E-state index contributed by atoms with van der Waals surface area (Å²) in [5, 5.41) is 3.38. The lowest BCUT2D eigenvalue weighted by Gasteiger charge is -2.07. The van der Waals surface area contributed by atoms with Crippen LogP contribution in [0.1, 0.15) is 5.56 Å². The van der Waals surface area contributed by atoms with Crippen molar-refractivity contribution in [1.29, 1.82) is 0 Å². The number of benzene rings is 1. The summed E-state index contributed by atoms with van der Waals surface area (Å²) in [5.74, 6) is 0.153. The molecule has 6 heteroatoms. The fourth-order valence-electron chi connectivity index (χ4n) is 0.983. The Labute approximate surface area is 113 Å². The summed E-state index contributed by atoms with van der Waals surface area (Å²) in [6, 6.07) is 5.83. The molecule has 0 N–H and O–H groups in total. The predicted molar refractivity (Wildman–Crippen MR) is 71.0 cm³/mol. The number of aryl methyl sites for hydroxylation is 1. The summed E-state index contributed by atoms with van der Waals surface area (Å²) in [5.41, 5.74) is 1.01. The fourth-order valence-corrected chi connectivity index (χ4v) is 1.45. The van der Waals surface area contributed by atoms with Gasteiger partial charge in [-0.3, -0.25) is 0 Å². The van der Waals surface area contributed by atoms with E-state index in [1.54, 1.807) is 0 Å². The molecule has 92 valence electrons. The van der Waals surface area contributed by atoms with Gasteiger partial charge in [0.1, 0.15) is 5.75 Å². The summed E-state index contributed by atoms with van der Waals surface area (Å²) in [6.07, 6.45) is 0.935. The molecular formula is C11H12INO4. The highest BCUT2D eigenvalue weighted by molar-refractivity contribution is 14.1. The molecule has 0 saturated carbocycles. The van der Waals surface area contributed by atoms with Crippen molar-refractivity contribution < 1.29 is 19.1 Å². The molecule has 0 aliphatic carbocycles. The number of carbonyl (C=O) groups is 1. The number of rotatable bonds is 5. The molecule has 1 rings (SSSR count). The molecule has 0 aliphatic heterocycles. The van der Waals surface area contributed by atoms with Crippen molar-refractivity contribution in [2.45, 2.75) is 6.92 Å². The van der Waals surface area contributed by atoms with Gasteiger partial charge in [-0.1, -0.05) is 11.2 Å². The summed E-state index contributed by atoms with van der Waals surface area (Å²) in [4.78, 5) is 15.4.